The van der Waals surface area contributed by atoms with E-state index in [1.165, 1.54) is 0 Å². The van der Waals surface area contributed by atoms with E-state index in [1.54, 1.807) is 37.4 Å². The van der Waals surface area contributed by atoms with Gasteiger partial charge in [0.05, 0.1) is 7.11 Å². The summed E-state index contributed by atoms with van der Waals surface area (Å²) in [5.74, 6) is 0.183. The Morgan fingerprint density at radius 3 is 2.29 bits per heavy atom. The predicted molar refractivity (Wildman–Crippen MR) is 89.3 cm³/mol. The van der Waals surface area contributed by atoms with Crippen LogP contribution < -0.4 is 14.8 Å². The summed E-state index contributed by atoms with van der Waals surface area (Å²) in [6.45, 7) is 1.24. The number of hydrogen-bond acceptors (Lipinski definition) is 5. The highest BCUT2D eigenvalue weighted by Gasteiger charge is 2.09. The quantitative estimate of drug-likeness (QED) is 0.790. The summed E-state index contributed by atoms with van der Waals surface area (Å²) < 4.78 is 15.2. The number of methoxy groups -OCH3 is 1. The SMILES string of the molecule is COc1ccc(OCC(=O)OCC(=O)Nc2ccccc2C)cc1. The average molecular weight is 329 g/mol. The van der Waals surface area contributed by atoms with Gasteiger partial charge in [-0.1, -0.05) is 18.2 Å². The molecule has 1 amide bonds. The number of aryl methyl sites for hydroxylation is 1. The molecular formula is C18H19NO5. The van der Waals surface area contributed by atoms with E-state index in [0.717, 1.165) is 5.56 Å². The van der Waals surface area contributed by atoms with E-state index in [9.17, 15) is 9.59 Å². The van der Waals surface area contributed by atoms with Crippen molar-refractivity contribution >= 4 is 17.6 Å². The fraction of sp³-hybridized carbons (Fsp3) is 0.222. The van der Waals surface area contributed by atoms with Gasteiger partial charge in [-0.15, -0.1) is 0 Å². The van der Waals surface area contributed by atoms with Crippen molar-refractivity contribution in [2.45, 2.75) is 6.92 Å². The van der Waals surface area contributed by atoms with Crippen LogP contribution in [-0.4, -0.2) is 32.2 Å². The highest BCUT2D eigenvalue weighted by Crippen LogP contribution is 2.17. The van der Waals surface area contributed by atoms with Crippen molar-refractivity contribution < 1.29 is 23.8 Å². The molecule has 0 unspecified atom stereocenters. The number of amides is 1. The Labute approximate surface area is 140 Å². The first-order valence-corrected chi connectivity index (χ1v) is 7.36. The number of para-hydroxylation sites is 1. The van der Waals surface area contributed by atoms with Crippen LogP contribution in [0.15, 0.2) is 48.5 Å². The fourth-order valence-corrected chi connectivity index (χ4v) is 1.90. The molecule has 0 atom stereocenters. The molecule has 0 heterocycles. The molecule has 0 saturated carbocycles. The molecule has 0 aromatic heterocycles. The second kappa shape index (κ2) is 8.57. The number of carbonyl (C=O) groups is 2. The number of esters is 1. The zero-order valence-electron chi connectivity index (χ0n) is 13.6. The van der Waals surface area contributed by atoms with E-state index in [-0.39, 0.29) is 13.2 Å². The van der Waals surface area contributed by atoms with Crippen molar-refractivity contribution in [2.24, 2.45) is 0 Å². The summed E-state index contributed by atoms with van der Waals surface area (Å²) in [4.78, 5) is 23.4. The first-order valence-electron chi connectivity index (χ1n) is 7.36. The number of carbonyl (C=O) groups excluding carboxylic acids is 2. The zero-order chi connectivity index (χ0) is 17.4. The van der Waals surface area contributed by atoms with Gasteiger partial charge in [-0.05, 0) is 42.8 Å². The van der Waals surface area contributed by atoms with Crippen LogP contribution in [0.5, 0.6) is 11.5 Å². The van der Waals surface area contributed by atoms with Gasteiger partial charge < -0.3 is 19.5 Å². The van der Waals surface area contributed by atoms with E-state index in [4.69, 9.17) is 14.2 Å². The van der Waals surface area contributed by atoms with Gasteiger partial charge in [0.25, 0.3) is 5.91 Å². The Hall–Kier alpha value is -3.02. The van der Waals surface area contributed by atoms with Gasteiger partial charge in [0.15, 0.2) is 13.2 Å². The molecule has 2 aromatic carbocycles. The third kappa shape index (κ3) is 5.31. The second-order valence-electron chi connectivity index (χ2n) is 4.99. The van der Waals surface area contributed by atoms with Crippen LogP contribution in [0, 0.1) is 6.92 Å². The maximum atomic E-state index is 11.8. The standard InChI is InChI=1S/C18H19NO5/c1-13-5-3-4-6-16(13)19-17(20)11-24-18(21)12-23-15-9-7-14(22-2)8-10-15/h3-10H,11-12H2,1-2H3,(H,19,20). The van der Waals surface area contributed by atoms with Crippen molar-refractivity contribution in [3.05, 3.63) is 54.1 Å². The van der Waals surface area contributed by atoms with Crippen molar-refractivity contribution in [3.8, 4) is 11.5 Å². The molecular weight excluding hydrogens is 310 g/mol. The van der Waals surface area contributed by atoms with E-state index < -0.39 is 11.9 Å². The average Bonchev–Trinajstić information content (AvgIpc) is 2.60. The number of benzene rings is 2. The largest absolute Gasteiger partial charge is 0.497 e. The van der Waals surface area contributed by atoms with Crippen LogP contribution >= 0.6 is 0 Å². The lowest BCUT2D eigenvalue weighted by molar-refractivity contribution is -0.149. The van der Waals surface area contributed by atoms with Gasteiger partial charge in [0.1, 0.15) is 11.5 Å². The summed E-state index contributed by atoms with van der Waals surface area (Å²) in [6, 6.07) is 14.1. The summed E-state index contributed by atoms with van der Waals surface area (Å²) in [6.07, 6.45) is 0. The molecule has 2 aromatic rings. The molecule has 126 valence electrons. The zero-order valence-corrected chi connectivity index (χ0v) is 13.6. The first kappa shape index (κ1) is 17.3. The van der Waals surface area contributed by atoms with Crippen molar-refractivity contribution in [1.82, 2.24) is 0 Å². The van der Waals surface area contributed by atoms with Gasteiger partial charge in [-0.2, -0.15) is 0 Å². The topological polar surface area (TPSA) is 73.9 Å². The monoisotopic (exact) mass is 329 g/mol. The molecule has 1 N–H and O–H groups in total. The highest BCUT2D eigenvalue weighted by atomic mass is 16.6. The third-order valence-electron chi connectivity index (χ3n) is 3.20. The smallest absolute Gasteiger partial charge is 0.344 e. The Morgan fingerprint density at radius 1 is 0.958 bits per heavy atom. The Kier molecular flexibility index (Phi) is 6.19. The van der Waals surface area contributed by atoms with Crippen LogP contribution in [0.4, 0.5) is 5.69 Å². The minimum atomic E-state index is -0.620. The Bertz CT molecular complexity index is 697. The molecule has 6 heteroatoms. The van der Waals surface area contributed by atoms with Crippen LogP contribution in [0.3, 0.4) is 0 Å². The summed E-state index contributed by atoms with van der Waals surface area (Å²) in [5.41, 5.74) is 1.62. The molecule has 0 radical (unpaired) electrons. The Morgan fingerprint density at radius 2 is 1.62 bits per heavy atom. The molecule has 0 spiro atoms. The molecule has 0 aliphatic heterocycles. The number of ether oxygens (including phenoxy) is 3. The fourth-order valence-electron chi connectivity index (χ4n) is 1.90. The van der Waals surface area contributed by atoms with Gasteiger partial charge in [0.2, 0.25) is 0 Å². The van der Waals surface area contributed by atoms with Crippen LogP contribution in [0.25, 0.3) is 0 Å². The normalized spacial score (nSPS) is 9.92. The lowest BCUT2D eigenvalue weighted by Gasteiger charge is -2.09. The first-order chi connectivity index (χ1) is 11.6. The van der Waals surface area contributed by atoms with E-state index in [1.807, 2.05) is 25.1 Å². The van der Waals surface area contributed by atoms with E-state index >= 15 is 0 Å². The predicted octanol–water partition coefficient (Wildman–Crippen LogP) is 2.56. The van der Waals surface area contributed by atoms with Crippen molar-refractivity contribution in [3.63, 3.8) is 0 Å². The molecule has 0 aliphatic rings. The van der Waals surface area contributed by atoms with Crippen LogP contribution in [0.1, 0.15) is 5.56 Å². The summed E-state index contributed by atoms with van der Waals surface area (Å²) in [7, 11) is 1.56. The summed E-state index contributed by atoms with van der Waals surface area (Å²) >= 11 is 0. The Balaban J connectivity index is 1.72. The molecule has 6 nitrogen and oxygen atoms in total. The third-order valence-corrected chi connectivity index (χ3v) is 3.20. The number of anilines is 1. The highest BCUT2D eigenvalue weighted by molar-refractivity contribution is 5.93. The second-order valence-corrected chi connectivity index (χ2v) is 4.99. The lowest BCUT2D eigenvalue weighted by Crippen LogP contribution is -2.23. The molecule has 2 rings (SSSR count). The van der Waals surface area contributed by atoms with Crippen LogP contribution in [0.2, 0.25) is 0 Å². The van der Waals surface area contributed by atoms with E-state index in [0.29, 0.717) is 17.2 Å². The molecule has 0 saturated heterocycles. The van der Waals surface area contributed by atoms with E-state index in [2.05, 4.69) is 5.32 Å². The van der Waals surface area contributed by atoms with Crippen molar-refractivity contribution in [1.29, 1.82) is 0 Å². The maximum absolute atomic E-state index is 11.8. The van der Waals surface area contributed by atoms with Gasteiger partial charge in [-0.25, -0.2) is 4.79 Å². The lowest BCUT2D eigenvalue weighted by atomic mass is 10.2. The minimum absolute atomic E-state index is 0.274. The molecule has 0 aliphatic carbocycles. The number of rotatable bonds is 7. The van der Waals surface area contributed by atoms with Gasteiger partial charge in [0, 0.05) is 5.69 Å². The van der Waals surface area contributed by atoms with Gasteiger partial charge in [-0.3, -0.25) is 4.79 Å². The summed E-state index contributed by atoms with van der Waals surface area (Å²) in [5, 5.41) is 2.68. The van der Waals surface area contributed by atoms with Crippen molar-refractivity contribution in [2.75, 3.05) is 25.6 Å². The number of nitrogens with one attached hydrogen (secondary N) is 1. The molecule has 0 fully saturated rings. The molecule has 24 heavy (non-hydrogen) atoms. The molecule has 0 bridgehead atoms. The maximum Gasteiger partial charge on any atom is 0.344 e. The van der Waals surface area contributed by atoms with Crippen LogP contribution in [-0.2, 0) is 14.3 Å². The van der Waals surface area contributed by atoms with Gasteiger partial charge >= 0.3 is 5.97 Å². The number of hydrogen-bond donors (Lipinski definition) is 1. The minimum Gasteiger partial charge on any atom is -0.497 e.